The Balaban J connectivity index is 1.48. The first-order valence-corrected chi connectivity index (χ1v) is 21.4. The summed E-state index contributed by atoms with van der Waals surface area (Å²) in [4.78, 5) is 32.7. The summed E-state index contributed by atoms with van der Waals surface area (Å²) in [6, 6.07) is 12.2. The fourth-order valence-corrected chi connectivity index (χ4v) is 9.46. The number of amides is 2. The summed E-state index contributed by atoms with van der Waals surface area (Å²) in [5.41, 5.74) is 8.49. The molecule has 1 saturated heterocycles. The molecule has 0 spiro atoms. The summed E-state index contributed by atoms with van der Waals surface area (Å²) in [6.07, 6.45) is 7.81. The highest BCUT2D eigenvalue weighted by Crippen LogP contribution is 2.48. The molecule has 2 aromatic carbocycles. The number of aromatic nitrogens is 3. The van der Waals surface area contributed by atoms with E-state index in [1.165, 1.54) is 12.0 Å². The second kappa shape index (κ2) is 14.9. The minimum Gasteiger partial charge on any atom is -0.497 e. The molecule has 2 atom stereocenters. The predicted molar refractivity (Wildman–Crippen MR) is 219 cm³/mol. The van der Waals surface area contributed by atoms with Gasteiger partial charge >= 0.3 is 0 Å². The number of carbonyl (C=O) groups is 2. The molecule has 12 heteroatoms. The lowest BCUT2D eigenvalue weighted by molar-refractivity contribution is 0.0413. The van der Waals surface area contributed by atoms with Gasteiger partial charge in [0.05, 0.1) is 41.5 Å². The molecule has 4 aromatic rings. The molecule has 2 amide bonds. The minimum atomic E-state index is -3.84. The maximum atomic E-state index is 14.8. The second-order valence-corrected chi connectivity index (χ2v) is 18.7. The zero-order chi connectivity index (χ0) is 39.5. The van der Waals surface area contributed by atoms with E-state index in [1.54, 1.807) is 27.0 Å². The Labute approximate surface area is 325 Å². The molecule has 4 heterocycles. The number of hydrogen-bond acceptors (Lipinski definition) is 7. The van der Waals surface area contributed by atoms with Gasteiger partial charge in [-0.15, -0.1) is 0 Å². The predicted octanol–water partition coefficient (Wildman–Crippen LogP) is 7.64. The largest absolute Gasteiger partial charge is 0.497 e. The number of benzene rings is 2. The number of carbonyl (C=O) groups excluding carboxylic acids is 2. The van der Waals surface area contributed by atoms with Crippen LogP contribution in [0.5, 0.6) is 5.75 Å². The van der Waals surface area contributed by atoms with E-state index in [2.05, 4.69) is 67.1 Å². The van der Waals surface area contributed by atoms with Crippen LogP contribution in [0.15, 0.2) is 36.4 Å². The van der Waals surface area contributed by atoms with Crippen LogP contribution >= 0.6 is 0 Å². The topological polar surface area (TPSA) is 119 Å². The fraction of sp³-hybridized carbons (Fsp3) is 0.512. The molecule has 1 N–H and O–H groups in total. The zero-order valence-electron chi connectivity index (χ0n) is 33.8. The van der Waals surface area contributed by atoms with E-state index in [4.69, 9.17) is 9.84 Å². The van der Waals surface area contributed by atoms with Crippen LogP contribution in [0.1, 0.15) is 129 Å². The number of ether oxygens (including phenoxy) is 1. The van der Waals surface area contributed by atoms with E-state index in [0.717, 1.165) is 70.4 Å². The number of nitrogens with one attached hydrogen (secondary N) is 1. The molecule has 2 fully saturated rings. The Morgan fingerprint density at radius 2 is 1.64 bits per heavy atom. The third-order valence-corrected chi connectivity index (χ3v) is 13.9. The average Bonchev–Trinajstić information content (AvgIpc) is 3.61. The molecular formula is C43H56N6O5S. The van der Waals surface area contributed by atoms with Gasteiger partial charge in [-0.05, 0) is 127 Å². The molecular weight excluding hydrogens is 713 g/mol. The van der Waals surface area contributed by atoms with Crippen LogP contribution in [0.4, 0.5) is 0 Å². The Morgan fingerprint density at radius 3 is 2.27 bits per heavy atom. The Hall–Kier alpha value is -4.42. The van der Waals surface area contributed by atoms with Gasteiger partial charge in [0, 0.05) is 53.2 Å². The first-order valence-electron chi connectivity index (χ1n) is 19.8. The molecule has 3 aliphatic rings. The zero-order valence-corrected chi connectivity index (χ0v) is 34.6. The van der Waals surface area contributed by atoms with Crippen molar-refractivity contribution in [3.63, 3.8) is 0 Å². The molecule has 2 aromatic heterocycles. The second-order valence-electron chi connectivity index (χ2n) is 16.5. The number of hydrogen-bond donors (Lipinski definition) is 1. The van der Waals surface area contributed by atoms with Crippen LogP contribution < -0.4 is 9.46 Å². The average molecular weight is 769 g/mol. The lowest BCUT2D eigenvalue weighted by Crippen LogP contribution is -2.56. The Morgan fingerprint density at radius 1 is 0.945 bits per heavy atom. The maximum Gasteiger partial charge on any atom is 0.264 e. The van der Waals surface area contributed by atoms with Crippen LogP contribution in [0.25, 0.3) is 33.8 Å². The number of piperazine rings is 1. The number of sulfonamides is 1. The van der Waals surface area contributed by atoms with Gasteiger partial charge in [-0.1, -0.05) is 25.3 Å². The van der Waals surface area contributed by atoms with Gasteiger partial charge in [0.2, 0.25) is 10.0 Å². The number of fused-ring (bicyclic) bond motifs is 5. The summed E-state index contributed by atoms with van der Waals surface area (Å²) in [5, 5.41) is 5.33. The molecule has 2 aliphatic heterocycles. The van der Waals surface area contributed by atoms with Crippen LogP contribution in [0, 0.1) is 6.92 Å². The molecule has 0 bridgehead atoms. The fourth-order valence-electron chi connectivity index (χ4n) is 8.85. The van der Waals surface area contributed by atoms with Gasteiger partial charge in [0.1, 0.15) is 5.75 Å². The lowest BCUT2D eigenvalue weighted by Gasteiger charge is -2.42. The van der Waals surface area contributed by atoms with E-state index in [1.807, 2.05) is 34.7 Å². The van der Waals surface area contributed by atoms with Crippen molar-refractivity contribution in [1.29, 1.82) is 0 Å². The first kappa shape index (κ1) is 38.8. The van der Waals surface area contributed by atoms with Gasteiger partial charge < -0.3 is 14.2 Å². The maximum absolute atomic E-state index is 14.8. The van der Waals surface area contributed by atoms with Crippen molar-refractivity contribution < 1.29 is 22.7 Å². The van der Waals surface area contributed by atoms with E-state index >= 15 is 0 Å². The molecule has 1 saturated carbocycles. The molecule has 1 aliphatic carbocycles. The third-order valence-electron chi connectivity index (χ3n) is 12.1. The van der Waals surface area contributed by atoms with Crippen LogP contribution in [-0.2, 0) is 16.6 Å². The number of allylic oxidation sites excluding steroid dienone is 1. The molecule has 7 rings (SSSR count). The Bertz CT molecular complexity index is 2280. The minimum absolute atomic E-state index is 0.0204. The summed E-state index contributed by atoms with van der Waals surface area (Å²) in [5.74, 6) is 0.366. The van der Waals surface area contributed by atoms with Crippen molar-refractivity contribution in [3.8, 4) is 17.0 Å². The summed E-state index contributed by atoms with van der Waals surface area (Å²) >= 11 is 0. The van der Waals surface area contributed by atoms with E-state index < -0.39 is 21.2 Å². The van der Waals surface area contributed by atoms with Crippen molar-refractivity contribution in [2.24, 2.45) is 0 Å². The quantitative estimate of drug-likeness (QED) is 0.196. The van der Waals surface area contributed by atoms with Crippen molar-refractivity contribution >= 4 is 44.4 Å². The van der Waals surface area contributed by atoms with E-state index in [-0.39, 0.29) is 29.6 Å². The summed E-state index contributed by atoms with van der Waals surface area (Å²) < 4.78 is 37.9. The summed E-state index contributed by atoms with van der Waals surface area (Å²) in [7, 11) is -0.0552. The normalized spacial score (nSPS) is 19.7. The molecule has 11 nitrogen and oxygen atoms in total. The Kier molecular flexibility index (Phi) is 10.5. The smallest absolute Gasteiger partial charge is 0.264 e. The molecule has 0 unspecified atom stereocenters. The molecule has 0 radical (unpaired) electrons. The van der Waals surface area contributed by atoms with Crippen LogP contribution in [0.3, 0.4) is 0 Å². The SMILES string of the molecule is COc1ccc2c(c1)C=C(c1c(C(=O)N3C[C@@H](C)N(C)[C@@H](C)C3)c(C)nn1C(C)C)Cn1c-2c(C2CCCCC2)c2ccc(C(=O)NS(=O)(=O)C(C)C)cc21. The molecule has 294 valence electrons. The summed E-state index contributed by atoms with van der Waals surface area (Å²) in [6.45, 7) is 15.2. The number of rotatable bonds is 8. The van der Waals surface area contributed by atoms with E-state index in [0.29, 0.717) is 36.8 Å². The lowest BCUT2D eigenvalue weighted by atomic mass is 9.81. The van der Waals surface area contributed by atoms with Crippen molar-refractivity contribution in [1.82, 2.24) is 28.9 Å². The molecule has 55 heavy (non-hydrogen) atoms. The van der Waals surface area contributed by atoms with Gasteiger partial charge in [-0.3, -0.25) is 19.2 Å². The highest BCUT2D eigenvalue weighted by Gasteiger charge is 2.36. The van der Waals surface area contributed by atoms with E-state index in [9.17, 15) is 18.0 Å². The standard InChI is InChI=1S/C43H56N6O5S/c1-25(2)49-40(38(29(7)44-49)43(51)47-22-27(5)46(8)28(6)23-47)33-19-32-20-34(54-9)16-18-35(32)41-39(30-13-11-10-12-14-30)36-17-15-31(21-37(36)48(41)24-33)42(50)45-55(52,53)26(3)4/h15-21,25-28,30H,10-14,22-24H2,1-9H3,(H,45,50)/t27-,28+. The monoisotopic (exact) mass is 768 g/mol. The highest BCUT2D eigenvalue weighted by molar-refractivity contribution is 7.90. The van der Waals surface area contributed by atoms with Gasteiger partial charge in [-0.25, -0.2) is 13.1 Å². The van der Waals surface area contributed by atoms with Crippen molar-refractivity contribution in [3.05, 3.63) is 70.0 Å². The van der Waals surface area contributed by atoms with Crippen molar-refractivity contribution in [2.75, 3.05) is 27.2 Å². The number of nitrogens with zero attached hydrogens (tertiary/aromatic N) is 5. The first-order chi connectivity index (χ1) is 26.1. The van der Waals surface area contributed by atoms with Gasteiger partial charge in [0.25, 0.3) is 11.8 Å². The van der Waals surface area contributed by atoms with Gasteiger partial charge in [-0.2, -0.15) is 5.10 Å². The number of methoxy groups -OCH3 is 1. The highest BCUT2D eigenvalue weighted by atomic mass is 32.2. The van der Waals surface area contributed by atoms with Crippen LogP contribution in [-0.4, -0.2) is 89.0 Å². The number of aryl methyl sites for hydroxylation is 1. The van der Waals surface area contributed by atoms with Crippen LogP contribution in [0.2, 0.25) is 0 Å². The van der Waals surface area contributed by atoms with Gasteiger partial charge in [0.15, 0.2) is 0 Å². The number of likely N-dealkylation sites (N-methyl/N-ethyl adjacent to an activating group) is 1. The third kappa shape index (κ3) is 7.01. The van der Waals surface area contributed by atoms with Crippen molar-refractivity contribution in [2.45, 2.75) is 116 Å².